The number of anilines is 2. The average Bonchev–Trinajstić information content (AvgIpc) is 2.76. The summed E-state index contributed by atoms with van der Waals surface area (Å²) in [6.07, 6.45) is 0. The molecule has 5 rings (SSSR count). The summed E-state index contributed by atoms with van der Waals surface area (Å²) in [6.45, 7) is 7.80. The van der Waals surface area contributed by atoms with Crippen molar-refractivity contribution in [3.8, 4) is 5.75 Å². The van der Waals surface area contributed by atoms with Gasteiger partial charge in [-0.05, 0) is 57.5 Å². The summed E-state index contributed by atoms with van der Waals surface area (Å²) in [7, 11) is 0. The number of nitrogens with one attached hydrogen (secondary N) is 2. The number of carbonyl (C=O) groups is 2. The Bertz CT molecular complexity index is 1260. The quantitative estimate of drug-likeness (QED) is 0.583. The van der Waals surface area contributed by atoms with Crippen LogP contribution in [-0.2, 0) is 4.79 Å². The van der Waals surface area contributed by atoms with Gasteiger partial charge in [0.25, 0.3) is 0 Å². The van der Waals surface area contributed by atoms with Crippen LogP contribution in [0.2, 0.25) is 0 Å². The number of hydrogen-bond donors (Lipinski definition) is 2. The number of fused-ring (bicyclic) bond motifs is 4. The Morgan fingerprint density at radius 3 is 2.42 bits per heavy atom. The van der Waals surface area contributed by atoms with Crippen LogP contribution in [-0.4, -0.2) is 17.7 Å². The molecule has 3 aromatic rings. The van der Waals surface area contributed by atoms with Gasteiger partial charge in [0.2, 0.25) is 11.6 Å². The van der Waals surface area contributed by atoms with E-state index in [0.717, 1.165) is 27.9 Å². The molecule has 1 saturated heterocycles. The fraction of sp³-hybridized carbons (Fsp3) is 0.259. The molecule has 2 aliphatic rings. The first-order chi connectivity index (χ1) is 15.8. The van der Waals surface area contributed by atoms with Crippen LogP contribution >= 0.6 is 0 Å². The number of benzene rings is 3. The first-order valence-electron chi connectivity index (χ1n) is 11.1. The average molecular weight is 442 g/mol. The normalized spacial score (nSPS) is 23.3. The molecule has 1 fully saturated rings. The standard InChI is InChI=1S/C27H27N3O3/c1-16-10-12-21(18(3)14-16)28-25(31)23-24-20-15-17(2)11-13-22(20)33-27(23,4)30(26(32)29-24)19-8-6-5-7-9-19/h5-15,23-24H,1-4H3,(H,28,31)(H,29,32). The summed E-state index contributed by atoms with van der Waals surface area (Å²) >= 11 is 0. The van der Waals surface area contributed by atoms with Gasteiger partial charge < -0.3 is 15.4 Å². The number of aryl methyl sites for hydroxylation is 3. The molecule has 0 aromatic heterocycles. The summed E-state index contributed by atoms with van der Waals surface area (Å²) in [4.78, 5) is 28.7. The van der Waals surface area contributed by atoms with Gasteiger partial charge in [-0.2, -0.15) is 0 Å². The lowest BCUT2D eigenvalue weighted by atomic mass is 9.78. The third-order valence-electron chi connectivity index (χ3n) is 6.59. The Labute approximate surface area is 193 Å². The van der Waals surface area contributed by atoms with Crippen molar-refractivity contribution in [2.45, 2.75) is 39.5 Å². The fourth-order valence-corrected chi connectivity index (χ4v) is 5.03. The lowest BCUT2D eigenvalue weighted by Gasteiger charge is -2.54. The molecule has 3 unspecified atom stereocenters. The van der Waals surface area contributed by atoms with Crippen LogP contribution in [0.15, 0.2) is 66.7 Å². The number of rotatable bonds is 3. The highest BCUT2D eigenvalue weighted by molar-refractivity contribution is 6.01. The van der Waals surface area contributed by atoms with Crippen molar-refractivity contribution in [1.29, 1.82) is 0 Å². The van der Waals surface area contributed by atoms with E-state index in [0.29, 0.717) is 11.4 Å². The van der Waals surface area contributed by atoms with Crippen LogP contribution in [0.4, 0.5) is 16.2 Å². The molecule has 2 heterocycles. The van der Waals surface area contributed by atoms with Crippen molar-refractivity contribution in [3.05, 3.63) is 89.0 Å². The van der Waals surface area contributed by atoms with E-state index < -0.39 is 17.7 Å². The lowest BCUT2D eigenvalue weighted by molar-refractivity contribution is -0.131. The largest absolute Gasteiger partial charge is 0.466 e. The van der Waals surface area contributed by atoms with E-state index in [1.165, 1.54) is 0 Å². The van der Waals surface area contributed by atoms with E-state index in [-0.39, 0.29) is 11.9 Å². The molecule has 168 valence electrons. The Morgan fingerprint density at radius 1 is 1.00 bits per heavy atom. The highest BCUT2D eigenvalue weighted by atomic mass is 16.5. The van der Waals surface area contributed by atoms with Gasteiger partial charge in [0.15, 0.2) is 0 Å². The summed E-state index contributed by atoms with van der Waals surface area (Å²) < 4.78 is 6.51. The predicted octanol–water partition coefficient (Wildman–Crippen LogP) is 5.25. The van der Waals surface area contributed by atoms with Gasteiger partial charge in [-0.15, -0.1) is 0 Å². The molecule has 0 radical (unpaired) electrons. The third kappa shape index (κ3) is 3.42. The fourth-order valence-electron chi connectivity index (χ4n) is 5.03. The zero-order chi connectivity index (χ0) is 23.3. The highest BCUT2D eigenvalue weighted by Gasteiger charge is 2.60. The Balaban J connectivity index is 1.63. The first-order valence-corrected chi connectivity index (χ1v) is 11.1. The Kier molecular flexibility index (Phi) is 4.89. The zero-order valence-electron chi connectivity index (χ0n) is 19.2. The topological polar surface area (TPSA) is 70.7 Å². The van der Waals surface area contributed by atoms with Gasteiger partial charge in [-0.3, -0.25) is 9.69 Å². The van der Waals surface area contributed by atoms with Crippen LogP contribution < -0.4 is 20.3 Å². The number of hydrogen-bond acceptors (Lipinski definition) is 3. The summed E-state index contributed by atoms with van der Waals surface area (Å²) in [5, 5.41) is 6.19. The number of carbonyl (C=O) groups excluding carboxylic acids is 2. The van der Waals surface area contributed by atoms with Gasteiger partial charge in [-0.25, -0.2) is 4.79 Å². The summed E-state index contributed by atoms with van der Waals surface area (Å²) in [5.41, 5.74) is 4.15. The van der Waals surface area contributed by atoms with Gasteiger partial charge >= 0.3 is 6.03 Å². The van der Waals surface area contributed by atoms with Crippen LogP contribution in [0, 0.1) is 26.7 Å². The molecule has 2 bridgehead atoms. The minimum Gasteiger partial charge on any atom is -0.466 e. The molecule has 3 aromatic carbocycles. The maximum Gasteiger partial charge on any atom is 0.325 e. The second-order valence-electron chi connectivity index (χ2n) is 9.08. The molecule has 0 aliphatic carbocycles. The Morgan fingerprint density at radius 2 is 1.70 bits per heavy atom. The van der Waals surface area contributed by atoms with Crippen molar-refractivity contribution < 1.29 is 14.3 Å². The van der Waals surface area contributed by atoms with E-state index in [9.17, 15) is 9.59 Å². The number of amides is 3. The molecule has 0 saturated carbocycles. The van der Waals surface area contributed by atoms with Crippen molar-refractivity contribution in [2.24, 2.45) is 5.92 Å². The van der Waals surface area contributed by atoms with E-state index in [4.69, 9.17) is 4.74 Å². The predicted molar refractivity (Wildman–Crippen MR) is 128 cm³/mol. The molecule has 33 heavy (non-hydrogen) atoms. The number of ether oxygens (including phenoxy) is 1. The van der Waals surface area contributed by atoms with Crippen LogP contribution in [0.25, 0.3) is 0 Å². The maximum absolute atomic E-state index is 13.8. The second kappa shape index (κ2) is 7.66. The van der Waals surface area contributed by atoms with Gasteiger partial charge in [-0.1, -0.05) is 53.6 Å². The van der Waals surface area contributed by atoms with Crippen molar-refractivity contribution in [1.82, 2.24) is 5.32 Å². The number of urea groups is 1. The molecular weight excluding hydrogens is 414 g/mol. The molecule has 3 atom stereocenters. The minimum atomic E-state index is -1.22. The van der Waals surface area contributed by atoms with Crippen molar-refractivity contribution >= 4 is 23.3 Å². The SMILES string of the molecule is Cc1ccc(NC(=O)C2C3NC(=O)N(c4ccccc4)C2(C)Oc2ccc(C)cc23)c(C)c1. The lowest BCUT2D eigenvalue weighted by Crippen LogP contribution is -2.72. The van der Waals surface area contributed by atoms with E-state index in [1.807, 2.05) is 94.4 Å². The van der Waals surface area contributed by atoms with Crippen LogP contribution in [0.1, 0.15) is 35.2 Å². The highest BCUT2D eigenvalue weighted by Crippen LogP contribution is 2.50. The molecule has 6 nitrogen and oxygen atoms in total. The molecule has 3 amide bonds. The molecular formula is C27H27N3O3. The van der Waals surface area contributed by atoms with E-state index in [1.54, 1.807) is 4.90 Å². The van der Waals surface area contributed by atoms with Crippen molar-refractivity contribution in [2.75, 3.05) is 10.2 Å². The molecule has 0 spiro atoms. The van der Waals surface area contributed by atoms with Crippen LogP contribution in [0.3, 0.4) is 0 Å². The Hall–Kier alpha value is -3.80. The number of nitrogens with zero attached hydrogens (tertiary/aromatic N) is 1. The molecule has 6 heteroatoms. The summed E-state index contributed by atoms with van der Waals surface area (Å²) in [6, 6.07) is 20.3. The van der Waals surface area contributed by atoms with Gasteiger partial charge in [0.05, 0.1) is 6.04 Å². The van der Waals surface area contributed by atoms with Gasteiger partial charge in [0.1, 0.15) is 11.7 Å². The minimum absolute atomic E-state index is 0.206. The molecule has 2 N–H and O–H groups in total. The third-order valence-corrected chi connectivity index (χ3v) is 6.59. The smallest absolute Gasteiger partial charge is 0.325 e. The van der Waals surface area contributed by atoms with Gasteiger partial charge in [0, 0.05) is 16.9 Å². The van der Waals surface area contributed by atoms with E-state index >= 15 is 0 Å². The molecule has 2 aliphatic heterocycles. The number of para-hydroxylation sites is 1. The maximum atomic E-state index is 13.8. The second-order valence-corrected chi connectivity index (χ2v) is 9.08. The van der Waals surface area contributed by atoms with Crippen LogP contribution in [0.5, 0.6) is 5.75 Å². The monoisotopic (exact) mass is 441 g/mol. The van der Waals surface area contributed by atoms with Crippen molar-refractivity contribution in [3.63, 3.8) is 0 Å². The van der Waals surface area contributed by atoms with E-state index in [2.05, 4.69) is 10.6 Å². The first kappa shape index (κ1) is 21.1. The zero-order valence-corrected chi connectivity index (χ0v) is 19.2. The summed E-state index contributed by atoms with van der Waals surface area (Å²) in [5.74, 6) is -0.224.